The Morgan fingerprint density at radius 3 is 2.60 bits per heavy atom. The van der Waals surface area contributed by atoms with E-state index in [1.54, 1.807) is 0 Å². The molecule has 0 fully saturated rings. The molecule has 0 aromatic heterocycles. The number of para-hydroxylation sites is 1. The van der Waals surface area contributed by atoms with E-state index in [1.165, 1.54) is 0 Å². The number of hydrogen-bond donors (Lipinski definition) is 1. The van der Waals surface area contributed by atoms with Crippen molar-refractivity contribution in [2.24, 2.45) is 0 Å². The van der Waals surface area contributed by atoms with E-state index < -0.39 is 0 Å². The third-order valence-corrected chi connectivity index (χ3v) is 2.50. The van der Waals surface area contributed by atoms with Gasteiger partial charge in [0.2, 0.25) is 0 Å². The van der Waals surface area contributed by atoms with Crippen molar-refractivity contribution in [1.82, 2.24) is 5.32 Å². The summed E-state index contributed by atoms with van der Waals surface area (Å²) in [6.45, 7) is 3.89. The van der Waals surface area contributed by atoms with Crippen LogP contribution >= 0.6 is 0 Å². The molecular formula is C11H13N2ORb. The second-order valence-corrected chi connectivity index (χ2v) is 3.62. The van der Waals surface area contributed by atoms with Crippen LogP contribution in [0.5, 0.6) is 0 Å². The predicted molar refractivity (Wildman–Crippen MR) is 55.5 cm³/mol. The van der Waals surface area contributed by atoms with Gasteiger partial charge in [0.1, 0.15) is 0 Å². The Bertz CT molecular complexity index is 367. The summed E-state index contributed by atoms with van der Waals surface area (Å²) in [7, 11) is 0. The minimum Gasteiger partial charge on any atom is -0.625 e. The molecule has 15 heavy (non-hydrogen) atoms. The smallest absolute Gasteiger partial charge is 0.625 e. The number of fused-ring (bicyclic) bond motifs is 1. The van der Waals surface area contributed by atoms with E-state index in [-0.39, 0.29) is 76.2 Å². The van der Waals surface area contributed by atoms with Gasteiger partial charge in [0, 0.05) is 12.1 Å². The fourth-order valence-corrected chi connectivity index (χ4v) is 1.71. The zero-order valence-corrected chi connectivity index (χ0v) is 14.2. The first-order valence-corrected chi connectivity index (χ1v) is 4.79. The van der Waals surface area contributed by atoms with E-state index in [1.807, 2.05) is 38.1 Å². The van der Waals surface area contributed by atoms with Gasteiger partial charge in [-0.1, -0.05) is 24.3 Å². The van der Waals surface area contributed by atoms with E-state index in [2.05, 4.69) is 10.6 Å². The Balaban J connectivity index is 0.00000112. The molecule has 74 valence electrons. The molecule has 4 heteroatoms. The zero-order valence-electron chi connectivity index (χ0n) is 9.32. The second-order valence-electron chi connectivity index (χ2n) is 3.62. The molecule has 2 rings (SSSR count). The first kappa shape index (κ1) is 13.5. The molecule has 0 bridgehead atoms. The number of nitrogens with one attached hydrogen (secondary N) is 1. The average molecular weight is 275 g/mol. The summed E-state index contributed by atoms with van der Waals surface area (Å²) in [4.78, 5) is 11.5. The fourth-order valence-electron chi connectivity index (χ4n) is 1.71. The van der Waals surface area contributed by atoms with Crippen molar-refractivity contribution in [3.8, 4) is 0 Å². The maximum absolute atomic E-state index is 11.5. The van der Waals surface area contributed by atoms with Crippen molar-refractivity contribution in [2.45, 2.75) is 25.9 Å². The molecule has 0 radical (unpaired) electrons. The Morgan fingerprint density at radius 1 is 1.20 bits per heavy atom. The molecule has 3 nitrogen and oxygen atoms in total. The number of carbonyl (C=O) groups excluding carboxylic acids is 1. The summed E-state index contributed by atoms with van der Waals surface area (Å²) >= 11 is 0. The van der Waals surface area contributed by atoms with Crippen LogP contribution in [0.2, 0.25) is 0 Å². The van der Waals surface area contributed by atoms with Gasteiger partial charge in [-0.05, 0) is 19.4 Å². The van der Waals surface area contributed by atoms with Gasteiger partial charge < -0.3 is 15.4 Å². The van der Waals surface area contributed by atoms with Crippen LogP contribution in [0.4, 0.5) is 5.69 Å². The zero-order chi connectivity index (χ0) is 10.1. The van der Waals surface area contributed by atoms with Crippen molar-refractivity contribution in [3.63, 3.8) is 0 Å². The molecule has 2 atom stereocenters. The topological polar surface area (TPSA) is 43.2 Å². The van der Waals surface area contributed by atoms with Crippen LogP contribution in [0.1, 0.15) is 25.5 Å². The summed E-state index contributed by atoms with van der Waals surface area (Å²) in [6, 6.07) is 7.73. The number of hydrogen-bond acceptors (Lipinski definition) is 2. The van der Waals surface area contributed by atoms with Crippen LogP contribution in [0.3, 0.4) is 0 Å². The number of nitrogens with zero attached hydrogens (tertiary/aromatic N) is 1. The molecule has 0 aliphatic carbocycles. The largest absolute Gasteiger partial charge is 1.00 e. The summed E-state index contributed by atoms with van der Waals surface area (Å²) < 4.78 is 0. The molecule has 2 unspecified atom stereocenters. The monoisotopic (exact) mass is 274 g/mol. The molecule has 1 N–H and O–H groups in total. The van der Waals surface area contributed by atoms with E-state index in [0.29, 0.717) is 0 Å². The number of amides is 1. The van der Waals surface area contributed by atoms with Crippen LogP contribution in [0, 0.1) is 0 Å². The third kappa shape index (κ3) is 2.97. The Morgan fingerprint density at radius 2 is 1.87 bits per heavy atom. The van der Waals surface area contributed by atoms with Gasteiger partial charge in [0.25, 0.3) is 0 Å². The maximum atomic E-state index is 11.5. The molecule has 1 aliphatic rings. The second kappa shape index (κ2) is 5.69. The maximum Gasteiger partial charge on any atom is 1.00 e. The molecule has 1 aromatic rings. The molecule has 1 amide bonds. The van der Waals surface area contributed by atoms with Crippen molar-refractivity contribution < 1.29 is 63.0 Å². The van der Waals surface area contributed by atoms with Gasteiger partial charge in [0.05, 0.1) is 5.91 Å². The van der Waals surface area contributed by atoms with E-state index >= 15 is 0 Å². The third-order valence-electron chi connectivity index (χ3n) is 2.50. The van der Waals surface area contributed by atoms with Crippen LogP contribution in [-0.2, 0) is 4.79 Å². The average Bonchev–Trinajstić information content (AvgIpc) is 2.27. The van der Waals surface area contributed by atoms with Crippen LogP contribution in [0.25, 0.3) is 5.32 Å². The summed E-state index contributed by atoms with van der Waals surface area (Å²) in [5, 5.41) is 7.27. The Hall–Kier alpha value is 0.455. The van der Waals surface area contributed by atoms with E-state index in [9.17, 15) is 4.79 Å². The molecular weight excluding hydrogens is 262 g/mol. The van der Waals surface area contributed by atoms with Crippen LogP contribution in [0.15, 0.2) is 24.3 Å². The standard InChI is InChI=1S/C11H14N2O.Rb/c1-7-9-5-3-4-6-10(9)13-11(14)8(2)12-7;/h3-8,12H,1-2H3,(H,13,14);/q;+1/p-1. The summed E-state index contributed by atoms with van der Waals surface area (Å²) in [5.74, 6) is -0.0956. The minimum absolute atomic E-state index is 0. The minimum atomic E-state index is -0.197. The van der Waals surface area contributed by atoms with Gasteiger partial charge in [0.15, 0.2) is 0 Å². The van der Waals surface area contributed by atoms with Crippen LogP contribution in [-0.4, -0.2) is 11.9 Å². The molecule has 1 heterocycles. The normalized spacial score (nSPS) is 24.5. The number of rotatable bonds is 0. The molecule has 0 spiro atoms. The number of carbonyl (C=O) groups is 1. The van der Waals surface area contributed by atoms with E-state index in [4.69, 9.17) is 0 Å². The first-order chi connectivity index (χ1) is 6.68. The van der Waals surface area contributed by atoms with Gasteiger partial charge in [-0.25, -0.2) is 0 Å². The fraction of sp³-hybridized carbons (Fsp3) is 0.364. The van der Waals surface area contributed by atoms with Crippen LogP contribution < -0.4 is 63.5 Å². The molecule has 1 aliphatic heterocycles. The quantitative estimate of drug-likeness (QED) is 0.678. The summed E-state index contributed by atoms with van der Waals surface area (Å²) in [5.41, 5.74) is 1.88. The van der Waals surface area contributed by atoms with Gasteiger partial charge in [-0.3, -0.25) is 0 Å². The summed E-state index contributed by atoms with van der Waals surface area (Å²) in [6.07, 6.45) is 0. The van der Waals surface area contributed by atoms with E-state index in [0.717, 1.165) is 11.3 Å². The number of benzene rings is 1. The van der Waals surface area contributed by atoms with Crippen molar-refractivity contribution in [3.05, 3.63) is 35.1 Å². The first-order valence-electron chi connectivity index (χ1n) is 4.79. The van der Waals surface area contributed by atoms with Crippen molar-refractivity contribution >= 4 is 11.6 Å². The SMILES string of the molecule is CC1NC(C)c2ccccc2[N-]C1=O.[Rb+]. The molecule has 1 aromatic carbocycles. The predicted octanol–water partition coefficient (Wildman–Crippen LogP) is -0.725. The molecule has 0 saturated carbocycles. The van der Waals surface area contributed by atoms with Gasteiger partial charge in [-0.15, -0.1) is 5.69 Å². The van der Waals surface area contributed by atoms with Gasteiger partial charge in [-0.2, -0.15) is 0 Å². The van der Waals surface area contributed by atoms with Crippen molar-refractivity contribution in [1.29, 1.82) is 0 Å². The molecule has 0 saturated heterocycles. The Labute approximate surface area is 139 Å². The van der Waals surface area contributed by atoms with Crippen molar-refractivity contribution in [2.75, 3.05) is 0 Å². The van der Waals surface area contributed by atoms with Gasteiger partial charge >= 0.3 is 58.2 Å². The Kier molecular flexibility index (Phi) is 5.12.